The molecule has 350 valence electrons. The zero-order chi connectivity index (χ0) is 47.8. The maximum absolute atomic E-state index is 14.8. The second-order valence-electron chi connectivity index (χ2n) is 16.9. The Morgan fingerprint density at radius 3 is 1.64 bits per heavy atom. The molecule has 69 heavy (non-hydrogen) atoms. The van der Waals surface area contributed by atoms with Gasteiger partial charge in [-0.3, -0.25) is 24.0 Å². The fraction of sp³-hybridized carbons (Fsp3) is 0.222. The monoisotopic (exact) mass is 923 g/mol. The molecule has 0 aliphatic carbocycles. The van der Waals surface area contributed by atoms with Crippen molar-refractivity contribution in [2.75, 3.05) is 13.2 Å². The molecule has 5 amide bonds. The zero-order valence-corrected chi connectivity index (χ0v) is 37.8. The number of fused-ring (bicyclic) bond motifs is 16. The highest BCUT2D eigenvalue weighted by atomic mass is 16.5. The third-order valence-corrected chi connectivity index (χ3v) is 11.9. The Morgan fingerprint density at radius 1 is 0.551 bits per heavy atom. The molecule has 0 saturated carbocycles. The molecule has 0 spiro atoms. The van der Waals surface area contributed by atoms with Crippen LogP contribution in [-0.2, 0) is 56.1 Å². The number of benzene rings is 6. The lowest BCUT2D eigenvalue weighted by Gasteiger charge is -2.27. The van der Waals surface area contributed by atoms with Gasteiger partial charge in [0.2, 0.25) is 23.6 Å². The minimum absolute atomic E-state index is 0.0502. The van der Waals surface area contributed by atoms with Crippen molar-refractivity contribution in [3.63, 3.8) is 0 Å². The maximum Gasteiger partial charge on any atom is 0.258 e. The summed E-state index contributed by atoms with van der Waals surface area (Å²) in [6.45, 7) is -0.236. The van der Waals surface area contributed by atoms with Gasteiger partial charge < -0.3 is 31.3 Å². The fourth-order valence-corrected chi connectivity index (χ4v) is 8.12. The van der Waals surface area contributed by atoms with E-state index in [2.05, 4.69) is 47.2 Å². The third kappa shape index (κ3) is 13.6. The molecule has 9 rings (SSSR count). The first-order chi connectivity index (χ1) is 33.7. The molecule has 2 aliphatic heterocycles. The van der Waals surface area contributed by atoms with Crippen LogP contribution in [0.1, 0.15) is 34.5 Å². The number of nitrogens with zero attached hydrogens (tertiary/aromatic N) is 3. The molecule has 4 unspecified atom stereocenters. The van der Waals surface area contributed by atoms with Crippen molar-refractivity contribution in [1.29, 1.82) is 0 Å². The van der Waals surface area contributed by atoms with Crippen LogP contribution in [0.15, 0.2) is 164 Å². The first-order valence-electron chi connectivity index (χ1n) is 23.0. The molecule has 15 heteroatoms. The van der Waals surface area contributed by atoms with Crippen LogP contribution in [0.4, 0.5) is 0 Å². The lowest BCUT2D eigenvalue weighted by atomic mass is 9.98. The second-order valence-corrected chi connectivity index (χ2v) is 16.9. The Balaban J connectivity index is 1.11. The Labute approximate surface area is 399 Å². The number of H-pyrrole nitrogens is 1. The van der Waals surface area contributed by atoms with E-state index in [0.29, 0.717) is 30.0 Å². The van der Waals surface area contributed by atoms with E-state index in [1.165, 1.54) is 0 Å². The van der Waals surface area contributed by atoms with Crippen LogP contribution in [0.5, 0.6) is 5.75 Å². The Bertz CT molecular complexity index is 2780. The highest BCUT2D eigenvalue weighted by Crippen LogP contribution is 2.22. The fourth-order valence-electron chi connectivity index (χ4n) is 8.12. The normalized spacial score (nSPS) is 18.0. The van der Waals surface area contributed by atoms with Crippen LogP contribution in [0, 0.1) is 0 Å². The number of carbonyl (C=O) groups is 5. The number of nitrogens with one attached hydrogen (secondary N) is 6. The van der Waals surface area contributed by atoms with Crippen molar-refractivity contribution >= 4 is 29.5 Å². The van der Waals surface area contributed by atoms with Gasteiger partial charge in [-0.05, 0) is 69.5 Å². The van der Waals surface area contributed by atoms with E-state index in [9.17, 15) is 24.0 Å². The van der Waals surface area contributed by atoms with Crippen LogP contribution in [0.2, 0.25) is 0 Å². The SMILES string of the molecule is O=C1COc2ccc(cc2)CC(C(=O)NCCc2nn[nH]n2)NC(=O)C(CCc2ccccc2)NC(=O)C(Cc2ccc(-c3ccccc3)cc2)NC(=O)C(Cc2ccc(-c3ccccc3)cc2)N1. The van der Waals surface area contributed by atoms with Gasteiger partial charge in [-0.1, -0.05) is 157 Å². The van der Waals surface area contributed by atoms with Gasteiger partial charge in [0.05, 0.1) is 0 Å². The molecule has 0 fully saturated rings. The summed E-state index contributed by atoms with van der Waals surface area (Å²) in [6.07, 6.45) is 1.12. The molecular formula is C54H53N9O6. The minimum Gasteiger partial charge on any atom is -0.484 e. The summed E-state index contributed by atoms with van der Waals surface area (Å²) in [4.78, 5) is 71.5. The molecule has 3 heterocycles. The molecule has 0 radical (unpaired) electrons. The van der Waals surface area contributed by atoms with E-state index in [0.717, 1.165) is 38.9 Å². The Hall–Kier alpha value is -8.46. The van der Waals surface area contributed by atoms with Crippen LogP contribution < -0.4 is 31.3 Å². The molecule has 15 nitrogen and oxygen atoms in total. The summed E-state index contributed by atoms with van der Waals surface area (Å²) >= 11 is 0. The van der Waals surface area contributed by atoms with E-state index in [1.807, 2.05) is 140 Å². The van der Waals surface area contributed by atoms with Gasteiger partial charge in [0.15, 0.2) is 12.4 Å². The van der Waals surface area contributed by atoms with E-state index in [-0.39, 0.29) is 32.2 Å². The lowest BCUT2D eigenvalue weighted by molar-refractivity contribution is -0.134. The second kappa shape index (κ2) is 23.3. The summed E-state index contributed by atoms with van der Waals surface area (Å²) < 4.78 is 5.87. The molecule has 4 atom stereocenters. The summed E-state index contributed by atoms with van der Waals surface area (Å²) in [5.41, 5.74) is 7.15. The van der Waals surface area contributed by atoms with Crippen molar-refractivity contribution in [2.45, 2.75) is 62.7 Å². The summed E-state index contributed by atoms with van der Waals surface area (Å²) in [7, 11) is 0. The summed E-state index contributed by atoms with van der Waals surface area (Å²) in [6, 6.07) is 47.0. The smallest absolute Gasteiger partial charge is 0.258 e. The highest BCUT2D eigenvalue weighted by molar-refractivity contribution is 5.96. The molecule has 2 aliphatic rings. The average Bonchev–Trinajstić information content (AvgIpc) is 3.91. The summed E-state index contributed by atoms with van der Waals surface area (Å²) in [5, 5.41) is 28.4. The van der Waals surface area contributed by atoms with Gasteiger partial charge in [0, 0.05) is 32.2 Å². The van der Waals surface area contributed by atoms with Gasteiger partial charge >= 0.3 is 0 Å². The van der Waals surface area contributed by atoms with Gasteiger partial charge in [0.25, 0.3) is 5.91 Å². The van der Waals surface area contributed by atoms with Gasteiger partial charge in [0.1, 0.15) is 29.9 Å². The van der Waals surface area contributed by atoms with E-state index in [4.69, 9.17) is 4.74 Å². The van der Waals surface area contributed by atoms with Gasteiger partial charge in [-0.2, -0.15) is 5.21 Å². The van der Waals surface area contributed by atoms with Crippen molar-refractivity contribution in [3.05, 3.63) is 192 Å². The predicted octanol–water partition coefficient (Wildman–Crippen LogP) is 4.88. The van der Waals surface area contributed by atoms with Gasteiger partial charge in [-0.25, -0.2) is 0 Å². The van der Waals surface area contributed by atoms with E-state index < -0.39 is 60.3 Å². The quantitative estimate of drug-likeness (QED) is 0.0870. The van der Waals surface area contributed by atoms with Crippen LogP contribution >= 0.6 is 0 Å². The molecule has 1 aromatic heterocycles. The van der Waals surface area contributed by atoms with E-state index in [1.54, 1.807) is 24.3 Å². The average molecular weight is 924 g/mol. The number of aromatic nitrogens is 4. The Morgan fingerprint density at radius 2 is 1.07 bits per heavy atom. The third-order valence-electron chi connectivity index (χ3n) is 11.9. The zero-order valence-electron chi connectivity index (χ0n) is 37.8. The maximum atomic E-state index is 14.8. The first kappa shape index (κ1) is 47.0. The first-order valence-corrected chi connectivity index (χ1v) is 23.0. The van der Waals surface area contributed by atoms with Crippen molar-refractivity contribution < 1.29 is 28.7 Å². The standard InChI is InChI=1S/C54H53N9O6/c64-50-35-69-44-27-20-39(21-28-44)32-46(51(65)55-31-30-49-60-62-63-61-49)58-52(66)45(29-22-36-10-4-1-5-11-36)57-54(68)48(34-38-18-25-43(26-19-38)41-14-8-3-9-15-41)59-53(67)47(56-50)33-37-16-23-42(24-17-37)40-12-6-2-7-13-40/h1-21,23-28,45-48H,22,29-35H2,(H,55,65)(H,56,64)(H,57,68)(H,58,66)(H,59,67)(H,60,61,62,63). The van der Waals surface area contributed by atoms with Gasteiger partial charge in [-0.15, -0.1) is 10.2 Å². The van der Waals surface area contributed by atoms with E-state index >= 15 is 0 Å². The minimum atomic E-state index is -1.20. The lowest BCUT2D eigenvalue weighted by Crippen LogP contribution is -2.59. The number of hydrogen-bond donors (Lipinski definition) is 6. The number of hydrogen-bond acceptors (Lipinski definition) is 9. The molecule has 6 aromatic carbocycles. The number of tetrazole rings is 1. The predicted molar refractivity (Wildman–Crippen MR) is 260 cm³/mol. The number of amides is 5. The Kier molecular flexibility index (Phi) is 15.9. The number of aryl methyl sites for hydroxylation is 1. The molecule has 7 aromatic rings. The number of aromatic amines is 1. The topological polar surface area (TPSA) is 209 Å². The van der Waals surface area contributed by atoms with Crippen LogP contribution in [0.3, 0.4) is 0 Å². The number of ether oxygens (including phenoxy) is 1. The van der Waals surface area contributed by atoms with Crippen LogP contribution in [-0.4, -0.2) is 87.5 Å². The number of rotatable bonds is 13. The van der Waals surface area contributed by atoms with Crippen molar-refractivity contribution in [1.82, 2.24) is 47.2 Å². The molecule has 6 N–H and O–H groups in total. The molecule has 2 bridgehead atoms. The highest BCUT2D eigenvalue weighted by Gasteiger charge is 2.32. The number of carbonyl (C=O) groups excluding carboxylic acids is 5. The molecule has 0 saturated heterocycles. The molecular weight excluding hydrogens is 871 g/mol. The van der Waals surface area contributed by atoms with Crippen LogP contribution in [0.25, 0.3) is 22.3 Å². The van der Waals surface area contributed by atoms with Crippen molar-refractivity contribution in [2.24, 2.45) is 0 Å². The van der Waals surface area contributed by atoms with Crippen molar-refractivity contribution in [3.8, 4) is 28.0 Å². The largest absolute Gasteiger partial charge is 0.484 e. The summed E-state index contributed by atoms with van der Waals surface area (Å²) in [5.74, 6) is -2.05.